The molecule has 0 saturated heterocycles. The molecule has 0 spiro atoms. The summed E-state index contributed by atoms with van der Waals surface area (Å²) in [5.74, 6) is 2.36. The van der Waals surface area contributed by atoms with Gasteiger partial charge in [0.25, 0.3) is 0 Å². The Balaban J connectivity index is 0.000000205. The first-order chi connectivity index (χ1) is 38.6. The van der Waals surface area contributed by atoms with Gasteiger partial charge in [0.2, 0.25) is 0 Å². The number of methoxy groups -OCH3 is 3. The number of fused-ring (bicyclic) bond motifs is 10. The number of hydrogen-bond acceptors (Lipinski definition) is 3. The van der Waals surface area contributed by atoms with E-state index in [4.69, 9.17) is 14.2 Å². The molecule has 0 saturated carbocycles. The topological polar surface area (TPSA) is 27.7 Å². The van der Waals surface area contributed by atoms with Gasteiger partial charge in [-0.15, -0.1) is 68.6 Å². The van der Waals surface area contributed by atoms with Gasteiger partial charge in [-0.2, -0.15) is 53.1 Å². The summed E-state index contributed by atoms with van der Waals surface area (Å²) in [7, 11) is 4.99. The molecule has 0 aliphatic heterocycles. The average Bonchev–Trinajstić information content (AvgIpc) is 1.80. The third kappa shape index (κ3) is 14.2. The molecule has 3 nitrogen and oxygen atoms in total. The second kappa shape index (κ2) is 29.2. The van der Waals surface area contributed by atoms with E-state index in [1.807, 2.05) is 12.1 Å². The maximum Gasteiger partial charge on any atom is 4.00 e. The second-order valence-corrected chi connectivity index (χ2v) is 23.4. The molecule has 12 aromatic carbocycles. The van der Waals surface area contributed by atoms with Gasteiger partial charge in [-0.05, 0) is 96.3 Å². The molecule has 432 valence electrons. The number of ether oxygens (including phenoxy) is 3. The van der Waals surface area contributed by atoms with Crippen LogP contribution in [0.1, 0.15) is 86.1 Å². The molecule has 0 aromatic heterocycles. The first kappa shape index (κ1) is 69.9. The van der Waals surface area contributed by atoms with Crippen LogP contribution in [0.15, 0.2) is 200 Å². The zero-order valence-electron chi connectivity index (χ0n) is 53.2. The summed E-state index contributed by atoms with van der Waals surface area (Å²) in [5.41, 5.74) is 21.2. The Morgan fingerprint density at radius 3 is 1.48 bits per heavy atom. The maximum absolute atomic E-state index is 5.52. The summed E-state index contributed by atoms with van der Waals surface area (Å²) in [4.78, 5) is 0. The van der Waals surface area contributed by atoms with Crippen molar-refractivity contribution in [2.75, 3.05) is 21.3 Å². The zero-order valence-corrected chi connectivity index (χ0v) is 58.1. The van der Waals surface area contributed by atoms with Crippen molar-refractivity contribution in [1.29, 1.82) is 0 Å². The molecule has 0 unspecified atom stereocenters. The first-order valence-electron chi connectivity index (χ1n) is 27.9. The van der Waals surface area contributed by atoms with E-state index < -0.39 is 0 Å². The molecule has 14 rings (SSSR count). The minimum atomic E-state index is 0. The fraction of sp³-hybridized carbons (Fsp3) is 0.185. The number of aryl methyl sites for hydroxylation is 2. The predicted molar refractivity (Wildman–Crippen MR) is 364 cm³/mol. The van der Waals surface area contributed by atoms with E-state index in [0.29, 0.717) is 5.75 Å². The number of rotatable bonds is 5. The van der Waals surface area contributed by atoms with Crippen LogP contribution in [0.4, 0.5) is 0 Å². The van der Waals surface area contributed by atoms with Crippen LogP contribution >= 0.6 is 0 Å². The molecule has 0 heterocycles. The van der Waals surface area contributed by atoms with E-state index in [2.05, 4.69) is 256 Å². The summed E-state index contributed by atoms with van der Waals surface area (Å²) in [6.45, 7) is 18.0. The normalized spacial score (nSPS) is 11.2. The van der Waals surface area contributed by atoms with Crippen LogP contribution in [0.3, 0.4) is 0 Å². The minimum absolute atomic E-state index is 0. The molecule has 2 aliphatic carbocycles. The van der Waals surface area contributed by atoms with Crippen molar-refractivity contribution in [3.05, 3.63) is 287 Å². The maximum atomic E-state index is 5.52. The fourth-order valence-electron chi connectivity index (χ4n) is 11.6. The van der Waals surface area contributed by atoms with Crippen LogP contribution in [-0.4, -0.2) is 21.3 Å². The molecular formula is C81H82O3Zr2. The quantitative estimate of drug-likeness (QED) is 0.161. The summed E-state index contributed by atoms with van der Waals surface area (Å²) >= 11 is 0. The van der Waals surface area contributed by atoms with Gasteiger partial charge < -0.3 is 43.9 Å². The average molecular weight is 1290 g/mol. The van der Waals surface area contributed by atoms with E-state index >= 15 is 0 Å². The van der Waals surface area contributed by atoms with E-state index in [-0.39, 0.29) is 92.9 Å². The monoisotopic (exact) mass is 1280 g/mol. The number of hydrogen-bond donors (Lipinski definition) is 0. The molecule has 0 radical (unpaired) electrons. The summed E-state index contributed by atoms with van der Waals surface area (Å²) < 4.78 is 16.1. The molecule has 0 atom stereocenters. The van der Waals surface area contributed by atoms with Gasteiger partial charge in [-0.3, -0.25) is 0 Å². The van der Waals surface area contributed by atoms with E-state index in [1.54, 1.807) is 21.3 Å². The van der Waals surface area contributed by atoms with Gasteiger partial charge >= 0.3 is 52.4 Å². The van der Waals surface area contributed by atoms with Gasteiger partial charge in [0.15, 0.2) is 0 Å². The van der Waals surface area contributed by atoms with E-state index in [0.717, 1.165) is 35.5 Å². The molecule has 0 fully saturated rings. The predicted octanol–water partition coefficient (Wildman–Crippen LogP) is 21.9. The van der Waals surface area contributed by atoms with Crippen LogP contribution in [-0.2, 0) is 76.1 Å². The van der Waals surface area contributed by atoms with Crippen molar-refractivity contribution in [3.63, 3.8) is 0 Å². The van der Waals surface area contributed by atoms with Gasteiger partial charge in [0.05, 0.1) is 27.1 Å². The SMILES string of the molecule is CC(C)(C)c1[c-]c2c(cc1)-c1ccc(C(C)(C)C)cc1C2.COc1ccc2c(c1)Cc1[c-]cc(OC)c(OC)c1-2.Cc1c[cH-]c2ccc(-c3cccc4ccccc34)cc12.Cc1c[cH-]c2ccc(-c3cccc4ccccc34)cc12.[CH3-].[CH3-].[CH3-].[CH3-].[Zr+4].[Zr+4]. The van der Waals surface area contributed by atoms with Gasteiger partial charge in [0, 0.05) is 5.75 Å². The van der Waals surface area contributed by atoms with Crippen molar-refractivity contribution in [2.24, 2.45) is 0 Å². The molecule has 0 N–H and O–H groups in total. The molecule has 0 amide bonds. The summed E-state index contributed by atoms with van der Waals surface area (Å²) in [6.07, 6.45) is 1.88. The third-order valence-corrected chi connectivity index (χ3v) is 16.2. The smallest absolute Gasteiger partial charge is 0.551 e. The third-order valence-electron chi connectivity index (χ3n) is 16.2. The standard InChI is InChI=1S/C21H25.2C20H15.C16H15O3.4CH3.2Zr/c1-20(2,3)16-7-9-18-14(12-16)11-15-13-17(21(4,5)6)8-10-19(15)18;2*1-14-9-10-16-11-12-17(13-20(14)16)19-8-4-6-15-5-2-3-7-18(15)19;1-17-12-5-6-13-11(9-12)8-10-4-7-14(18-2)16(19-3)15(10)13;;;;;;/h7-10,12H,11H2,1-6H3;2*2-13H,1H3;5-7,9H,8H2,1-3H3;4*1H3;;/q8*-1;2*+4. The minimum Gasteiger partial charge on any atom is -0.551 e. The van der Waals surface area contributed by atoms with Gasteiger partial charge in [-0.1, -0.05) is 206 Å². The van der Waals surface area contributed by atoms with Crippen LogP contribution in [0.25, 0.3) is 87.6 Å². The molecule has 0 bridgehead atoms. The van der Waals surface area contributed by atoms with Crippen LogP contribution < -0.4 is 14.2 Å². The van der Waals surface area contributed by atoms with Crippen molar-refractivity contribution >= 4 is 43.1 Å². The largest absolute Gasteiger partial charge is 4.00 e. The van der Waals surface area contributed by atoms with E-state index in [9.17, 15) is 0 Å². The van der Waals surface area contributed by atoms with Gasteiger partial charge in [-0.25, -0.2) is 0 Å². The van der Waals surface area contributed by atoms with E-state index in [1.165, 1.54) is 121 Å². The fourth-order valence-corrected chi connectivity index (χ4v) is 11.6. The van der Waals surface area contributed by atoms with Crippen molar-refractivity contribution < 1.29 is 66.6 Å². The number of benzene rings is 10. The summed E-state index contributed by atoms with van der Waals surface area (Å²) in [6, 6.07) is 78.9. The van der Waals surface area contributed by atoms with Crippen LogP contribution in [0.2, 0.25) is 0 Å². The molecular weight excluding hydrogens is 1200 g/mol. The van der Waals surface area contributed by atoms with Crippen molar-refractivity contribution in [1.82, 2.24) is 0 Å². The Morgan fingerprint density at radius 1 is 0.442 bits per heavy atom. The Bertz CT molecular complexity index is 4020. The van der Waals surface area contributed by atoms with Crippen molar-refractivity contribution in [2.45, 2.75) is 79.1 Å². The first-order valence-corrected chi connectivity index (χ1v) is 27.9. The Morgan fingerprint density at radius 2 is 0.953 bits per heavy atom. The summed E-state index contributed by atoms with van der Waals surface area (Å²) in [5, 5.41) is 10.6. The second-order valence-electron chi connectivity index (χ2n) is 23.4. The molecule has 2 aliphatic rings. The van der Waals surface area contributed by atoms with Crippen molar-refractivity contribution in [3.8, 4) is 61.8 Å². The van der Waals surface area contributed by atoms with Crippen LogP contribution in [0.5, 0.6) is 17.2 Å². The molecule has 86 heavy (non-hydrogen) atoms. The Kier molecular flexibility index (Phi) is 23.7. The molecule has 5 heteroatoms. The Hall–Kier alpha value is -6.89. The van der Waals surface area contributed by atoms with Crippen LogP contribution in [0, 0.1) is 55.7 Å². The zero-order chi connectivity index (χ0) is 55.9. The Labute approximate surface area is 553 Å². The molecule has 12 aromatic rings. The van der Waals surface area contributed by atoms with Gasteiger partial charge in [0.1, 0.15) is 5.75 Å².